The lowest BCUT2D eigenvalue weighted by Gasteiger charge is -2.34. The first-order valence-electron chi connectivity index (χ1n) is 9.54. The first kappa shape index (κ1) is 20.0. The van der Waals surface area contributed by atoms with Crippen LogP contribution in [0.3, 0.4) is 0 Å². The molecular formula is C21H22ClNO5S. The van der Waals surface area contributed by atoms with Crippen LogP contribution in [-0.2, 0) is 14.6 Å². The zero-order chi connectivity index (χ0) is 20.6. The van der Waals surface area contributed by atoms with Gasteiger partial charge in [0.1, 0.15) is 6.10 Å². The van der Waals surface area contributed by atoms with Crippen LogP contribution in [0.2, 0.25) is 5.02 Å². The van der Waals surface area contributed by atoms with Crippen molar-refractivity contribution in [3.8, 4) is 11.5 Å². The van der Waals surface area contributed by atoms with Gasteiger partial charge in [-0.3, -0.25) is 4.79 Å². The number of para-hydroxylation sites is 2. The summed E-state index contributed by atoms with van der Waals surface area (Å²) in [4.78, 5) is 14.7. The van der Waals surface area contributed by atoms with Crippen LogP contribution in [0.4, 0.5) is 0 Å². The molecule has 0 spiro atoms. The van der Waals surface area contributed by atoms with E-state index in [9.17, 15) is 13.2 Å². The van der Waals surface area contributed by atoms with Crippen molar-refractivity contribution in [2.45, 2.75) is 30.8 Å². The minimum atomic E-state index is -3.45. The van der Waals surface area contributed by atoms with Crippen molar-refractivity contribution in [1.82, 2.24) is 4.90 Å². The van der Waals surface area contributed by atoms with Crippen LogP contribution >= 0.6 is 11.6 Å². The molecule has 1 fully saturated rings. The summed E-state index contributed by atoms with van der Waals surface area (Å²) in [5.74, 6) is 0.733. The van der Waals surface area contributed by atoms with Gasteiger partial charge in [0.25, 0.3) is 5.91 Å². The molecule has 0 bridgehead atoms. The van der Waals surface area contributed by atoms with Gasteiger partial charge in [0.2, 0.25) is 6.10 Å². The molecule has 154 valence electrons. The number of ether oxygens (including phenoxy) is 2. The van der Waals surface area contributed by atoms with Crippen molar-refractivity contribution < 1.29 is 22.7 Å². The molecule has 1 amide bonds. The van der Waals surface area contributed by atoms with Crippen molar-refractivity contribution >= 4 is 27.3 Å². The van der Waals surface area contributed by atoms with E-state index in [0.29, 0.717) is 28.6 Å². The second-order valence-electron chi connectivity index (χ2n) is 7.30. The van der Waals surface area contributed by atoms with Crippen LogP contribution in [0.1, 0.15) is 24.2 Å². The van der Waals surface area contributed by atoms with Gasteiger partial charge in [-0.25, -0.2) is 8.42 Å². The smallest absolute Gasteiger partial charge is 0.267 e. The summed E-state index contributed by atoms with van der Waals surface area (Å²) in [5, 5.41) is -0.300. The first-order chi connectivity index (χ1) is 13.9. The molecule has 0 saturated carbocycles. The highest BCUT2D eigenvalue weighted by atomic mass is 35.5. The summed E-state index contributed by atoms with van der Waals surface area (Å²) < 4.78 is 37.5. The Morgan fingerprint density at radius 2 is 1.69 bits per heavy atom. The highest BCUT2D eigenvalue weighted by Crippen LogP contribution is 2.36. The normalized spacial score (nSPS) is 25.9. The lowest BCUT2D eigenvalue weighted by molar-refractivity contribution is -0.144. The second kappa shape index (κ2) is 7.88. The largest absolute Gasteiger partial charge is 0.482 e. The minimum Gasteiger partial charge on any atom is -0.482 e. The fourth-order valence-electron chi connectivity index (χ4n) is 3.82. The molecule has 0 radical (unpaired) electrons. The minimum absolute atomic E-state index is 0.118. The summed E-state index contributed by atoms with van der Waals surface area (Å²) in [6, 6.07) is 14.2. The van der Waals surface area contributed by atoms with Gasteiger partial charge in [-0.1, -0.05) is 41.9 Å². The Kier molecular flexibility index (Phi) is 5.44. The highest BCUT2D eigenvalue weighted by Gasteiger charge is 2.40. The van der Waals surface area contributed by atoms with Crippen molar-refractivity contribution in [2.75, 3.05) is 18.8 Å². The first-order valence-corrected chi connectivity index (χ1v) is 11.6. The monoisotopic (exact) mass is 435 g/mol. The molecule has 0 aromatic heterocycles. The molecule has 1 saturated heterocycles. The van der Waals surface area contributed by atoms with Crippen LogP contribution in [0.15, 0.2) is 48.5 Å². The Labute approximate surface area is 175 Å². The third-order valence-electron chi connectivity index (χ3n) is 5.39. The molecule has 2 aliphatic rings. The van der Waals surface area contributed by atoms with E-state index >= 15 is 0 Å². The number of fused-ring (bicyclic) bond motifs is 1. The van der Waals surface area contributed by atoms with Gasteiger partial charge >= 0.3 is 0 Å². The number of hydrogen-bond donors (Lipinski definition) is 0. The third-order valence-corrected chi connectivity index (χ3v) is 7.84. The Hall–Kier alpha value is -2.25. The number of hydrogen-bond acceptors (Lipinski definition) is 5. The molecule has 2 aromatic rings. The Morgan fingerprint density at radius 3 is 2.41 bits per heavy atom. The van der Waals surface area contributed by atoms with E-state index < -0.39 is 27.3 Å². The SMILES string of the molecule is C[C@@H]1Oc2ccccc2O[C@H]1C(=O)N1CC[C@@H](c2ccccc2Cl)S(=O)(=O)CC1. The van der Waals surface area contributed by atoms with Gasteiger partial charge in [-0.05, 0) is 37.1 Å². The number of carbonyl (C=O) groups is 1. The summed E-state index contributed by atoms with van der Waals surface area (Å²) >= 11 is 6.24. The number of amides is 1. The molecule has 0 unspecified atom stereocenters. The van der Waals surface area contributed by atoms with Crippen molar-refractivity contribution in [2.24, 2.45) is 0 Å². The number of halogens is 1. The summed E-state index contributed by atoms with van der Waals surface area (Å²) in [5.41, 5.74) is 0.586. The van der Waals surface area contributed by atoms with E-state index in [2.05, 4.69) is 0 Å². The molecular weight excluding hydrogens is 414 g/mol. The standard InChI is InChI=1S/C21H22ClNO5S/c1-14-20(28-18-9-5-4-8-17(18)27-14)21(24)23-11-10-19(29(25,26)13-12-23)15-6-2-3-7-16(15)22/h2-9,14,19-20H,10-13H2,1H3/t14-,19-,20+/m0/s1. The number of rotatable bonds is 2. The quantitative estimate of drug-likeness (QED) is 0.724. The number of nitrogens with zero attached hydrogens (tertiary/aromatic N) is 1. The zero-order valence-corrected chi connectivity index (χ0v) is 17.5. The van der Waals surface area contributed by atoms with E-state index in [1.807, 2.05) is 12.1 Å². The van der Waals surface area contributed by atoms with Gasteiger partial charge in [0, 0.05) is 18.1 Å². The zero-order valence-electron chi connectivity index (χ0n) is 16.0. The van der Waals surface area contributed by atoms with Crippen LogP contribution < -0.4 is 9.47 Å². The second-order valence-corrected chi connectivity index (χ2v) is 10.0. The predicted octanol–water partition coefficient (Wildman–Crippen LogP) is 3.26. The van der Waals surface area contributed by atoms with Gasteiger partial charge in [0.15, 0.2) is 21.3 Å². The summed E-state index contributed by atoms with van der Waals surface area (Å²) in [6.45, 7) is 2.21. The van der Waals surface area contributed by atoms with Gasteiger partial charge in [-0.2, -0.15) is 0 Å². The fourth-order valence-corrected chi connectivity index (χ4v) is 5.97. The van der Waals surface area contributed by atoms with E-state index in [4.69, 9.17) is 21.1 Å². The average molecular weight is 436 g/mol. The third kappa shape index (κ3) is 3.94. The summed E-state index contributed by atoms with van der Waals surface area (Å²) in [6.07, 6.45) is -1.00. The topological polar surface area (TPSA) is 72.9 Å². The van der Waals surface area contributed by atoms with E-state index in [1.54, 1.807) is 48.2 Å². The van der Waals surface area contributed by atoms with E-state index in [-0.39, 0.29) is 24.6 Å². The maximum atomic E-state index is 13.1. The number of sulfone groups is 1. The molecule has 2 aliphatic heterocycles. The van der Waals surface area contributed by atoms with Gasteiger partial charge in [0.05, 0.1) is 11.0 Å². The molecule has 2 aromatic carbocycles. The average Bonchev–Trinajstić information content (AvgIpc) is 2.85. The van der Waals surface area contributed by atoms with E-state index in [1.165, 1.54) is 0 Å². The van der Waals surface area contributed by atoms with Crippen molar-refractivity contribution in [1.29, 1.82) is 0 Å². The lowest BCUT2D eigenvalue weighted by atomic mass is 10.1. The number of carbonyl (C=O) groups excluding carboxylic acids is 1. The van der Waals surface area contributed by atoms with Crippen molar-refractivity contribution in [3.05, 3.63) is 59.1 Å². The lowest BCUT2D eigenvalue weighted by Crippen LogP contribution is -2.51. The molecule has 29 heavy (non-hydrogen) atoms. The summed E-state index contributed by atoms with van der Waals surface area (Å²) in [7, 11) is -3.45. The Morgan fingerprint density at radius 1 is 1.03 bits per heavy atom. The highest BCUT2D eigenvalue weighted by molar-refractivity contribution is 7.91. The Bertz CT molecular complexity index is 1030. The predicted molar refractivity (Wildman–Crippen MR) is 110 cm³/mol. The maximum Gasteiger partial charge on any atom is 0.267 e. The fraction of sp³-hybridized carbons (Fsp3) is 0.381. The maximum absolute atomic E-state index is 13.1. The van der Waals surface area contributed by atoms with Gasteiger partial charge in [-0.15, -0.1) is 0 Å². The van der Waals surface area contributed by atoms with Crippen LogP contribution in [0.25, 0.3) is 0 Å². The molecule has 0 aliphatic carbocycles. The van der Waals surface area contributed by atoms with E-state index in [0.717, 1.165) is 0 Å². The number of benzene rings is 2. The Balaban J connectivity index is 1.54. The van der Waals surface area contributed by atoms with Gasteiger partial charge < -0.3 is 14.4 Å². The van der Waals surface area contributed by atoms with Crippen LogP contribution in [-0.4, -0.2) is 50.3 Å². The van der Waals surface area contributed by atoms with Crippen molar-refractivity contribution in [3.63, 3.8) is 0 Å². The molecule has 0 N–H and O–H groups in total. The molecule has 2 heterocycles. The van der Waals surface area contributed by atoms with Crippen LogP contribution in [0, 0.1) is 0 Å². The molecule has 3 atom stereocenters. The molecule has 8 heteroatoms. The molecule has 4 rings (SSSR count). The van der Waals surface area contributed by atoms with Crippen LogP contribution in [0.5, 0.6) is 11.5 Å². The molecule has 6 nitrogen and oxygen atoms in total.